The van der Waals surface area contributed by atoms with E-state index >= 15 is 0 Å². The van der Waals surface area contributed by atoms with Crippen molar-refractivity contribution in [2.75, 3.05) is 24.4 Å². The van der Waals surface area contributed by atoms with Crippen molar-refractivity contribution >= 4 is 52.5 Å². The van der Waals surface area contributed by atoms with Gasteiger partial charge in [-0.2, -0.15) is 5.26 Å². The molecule has 0 saturated heterocycles. The van der Waals surface area contributed by atoms with Gasteiger partial charge >= 0.3 is 0 Å². The number of ether oxygens (including phenoxy) is 2. The highest BCUT2D eigenvalue weighted by molar-refractivity contribution is 6.31. The zero-order valence-electron chi connectivity index (χ0n) is 18.9. The number of benzene rings is 3. The van der Waals surface area contributed by atoms with Crippen LogP contribution in [0.15, 0.2) is 66.2 Å². The summed E-state index contributed by atoms with van der Waals surface area (Å²) in [6.45, 7) is 1.61. The van der Waals surface area contributed by atoms with E-state index in [9.17, 15) is 14.9 Å². The normalized spacial score (nSPS) is 10.8. The molecule has 0 aliphatic carbocycles. The molecule has 9 heteroatoms. The quantitative estimate of drug-likeness (QED) is 0.292. The summed E-state index contributed by atoms with van der Waals surface area (Å²) in [5, 5.41) is 15.8. The number of nitrogens with zero attached hydrogens (tertiary/aromatic N) is 1. The Balaban J connectivity index is 1.67. The number of methoxy groups -OCH3 is 1. The molecule has 0 unspecified atom stereocenters. The van der Waals surface area contributed by atoms with Crippen LogP contribution in [0.3, 0.4) is 0 Å². The number of aryl methyl sites for hydroxylation is 1. The van der Waals surface area contributed by atoms with Crippen molar-refractivity contribution in [3.63, 3.8) is 0 Å². The van der Waals surface area contributed by atoms with Gasteiger partial charge in [0.1, 0.15) is 11.6 Å². The minimum Gasteiger partial charge on any atom is -0.493 e. The molecule has 0 saturated carbocycles. The molecular weight excluding hydrogens is 489 g/mol. The molecule has 0 bridgehead atoms. The molecule has 0 heterocycles. The number of amides is 2. The van der Waals surface area contributed by atoms with Gasteiger partial charge in [-0.1, -0.05) is 41.4 Å². The molecule has 0 aromatic heterocycles. The van der Waals surface area contributed by atoms with E-state index in [-0.39, 0.29) is 18.1 Å². The lowest BCUT2D eigenvalue weighted by Gasteiger charge is -2.12. The maximum Gasteiger partial charge on any atom is 0.266 e. The molecule has 0 spiro atoms. The van der Waals surface area contributed by atoms with Crippen molar-refractivity contribution in [3.05, 3.63) is 87.4 Å². The highest BCUT2D eigenvalue weighted by Crippen LogP contribution is 2.29. The van der Waals surface area contributed by atoms with E-state index in [1.165, 1.54) is 13.2 Å². The number of anilines is 2. The third-order valence-electron chi connectivity index (χ3n) is 4.76. The Morgan fingerprint density at radius 2 is 1.77 bits per heavy atom. The predicted molar refractivity (Wildman–Crippen MR) is 137 cm³/mol. The number of carbonyl (C=O) groups excluding carboxylic acids is 2. The van der Waals surface area contributed by atoms with E-state index in [1.807, 2.05) is 13.0 Å². The van der Waals surface area contributed by atoms with E-state index in [4.69, 9.17) is 32.7 Å². The van der Waals surface area contributed by atoms with Crippen molar-refractivity contribution in [2.24, 2.45) is 0 Å². The summed E-state index contributed by atoms with van der Waals surface area (Å²) in [5.74, 6) is -0.302. The molecule has 3 rings (SSSR count). The summed E-state index contributed by atoms with van der Waals surface area (Å²) in [4.78, 5) is 24.8. The molecule has 3 aromatic carbocycles. The summed E-state index contributed by atoms with van der Waals surface area (Å²) in [6.07, 6.45) is 1.42. The molecule has 0 fully saturated rings. The second-order valence-corrected chi connectivity index (χ2v) is 8.19. The Morgan fingerprint density at radius 1 is 1.00 bits per heavy atom. The van der Waals surface area contributed by atoms with E-state index in [0.29, 0.717) is 38.5 Å². The van der Waals surface area contributed by atoms with Gasteiger partial charge in [-0.3, -0.25) is 9.59 Å². The smallest absolute Gasteiger partial charge is 0.266 e. The van der Waals surface area contributed by atoms with Crippen LogP contribution in [0.2, 0.25) is 10.0 Å². The molecule has 7 nitrogen and oxygen atoms in total. The number of hydrogen-bond acceptors (Lipinski definition) is 5. The van der Waals surface area contributed by atoms with Crippen molar-refractivity contribution in [2.45, 2.75) is 6.92 Å². The van der Waals surface area contributed by atoms with Crippen molar-refractivity contribution < 1.29 is 19.1 Å². The third-order valence-corrected chi connectivity index (χ3v) is 5.40. The first-order valence-electron chi connectivity index (χ1n) is 10.3. The average molecular weight is 510 g/mol. The van der Waals surface area contributed by atoms with Crippen LogP contribution in [0.4, 0.5) is 11.4 Å². The Hall–Kier alpha value is -3.99. The molecule has 0 atom stereocenters. The average Bonchev–Trinajstić information content (AvgIpc) is 2.83. The third kappa shape index (κ3) is 7.24. The van der Waals surface area contributed by atoms with Crippen LogP contribution in [0.1, 0.15) is 11.1 Å². The van der Waals surface area contributed by atoms with Crippen LogP contribution in [-0.2, 0) is 9.59 Å². The van der Waals surface area contributed by atoms with Crippen LogP contribution in [0.25, 0.3) is 6.08 Å². The lowest BCUT2D eigenvalue weighted by Crippen LogP contribution is -2.20. The standard InChI is InChI=1S/C26H21Cl2N3O4/c1-16-6-8-21(13-22(16)28)30-25(32)15-35-23-9-7-17(11-24(23)34-2)10-18(14-29)26(33)31-20-5-3-4-19(27)12-20/h3-13H,15H2,1-2H3,(H,30,32)(H,31,33)/b18-10-. The van der Waals surface area contributed by atoms with E-state index in [0.717, 1.165) is 5.56 Å². The van der Waals surface area contributed by atoms with Gasteiger partial charge in [0.2, 0.25) is 0 Å². The fourth-order valence-electron chi connectivity index (χ4n) is 2.98. The zero-order valence-corrected chi connectivity index (χ0v) is 20.4. The van der Waals surface area contributed by atoms with Gasteiger partial charge < -0.3 is 20.1 Å². The topological polar surface area (TPSA) is 100 Å². The van der Waals surface area contributed by atoms with Gasteiger partial charge in [0, 0.05) is 21.4 Å². The Morgan fingerprint density at radius 3 is 2.46 bits per heavy atom. The van der Waals surface area contributed by atoms with Gasteiger partial charge in [0.25, 0.3) is 11.8 Å². The molecule has 35 heavy (non-hydrogen) atoms. The van der Waals surface area contributed by atoms with Gasteiger partial charge in [-0.25, -0.2) is 0 Å². The van der Waals surface area contributed by atoms with Crippen LogP contribution in [0.5, 0.6) is 11.5 Å². The van der Waals surface area contributed by atoms with Gasteiger partial charge in [0.05, 0.1) is 7.11 Å². The summed E-state index contributed by atoms with van der Waals surface area (Å²) >= 11 is 12.0. The van der Waals surface area contributed by atoms with Gasteiger partial charge in [-0.05, 0) is 66.6 Å². The van der Waals surface area contributed by atoms with Crippen LogP contribution in [-0.4, -0.2) is 25.5 Å². The van der Waals surface area contributed by atoms with Crippen molar-refractivity contribution in [3.8, 4) is 17.6 Å². The van der Waals surface area contributed by atoms with E-state index in [1.54, 1.807) is 60.7 Å². The summed E-state index contributed by atoms with van der Waals surface area (Å²) in [6, 6.07) is 18.5. The minimum atomic E-state index is -0.582. The predicted octanol–water partition coefficient (Wildman–Crippen LogP) is 5.87. The fraction of sp³-hybridized carbons (Fsp3) is 0.115. The molecule has 178 valence electrons. The SMILES string of the molecule is COc1cc(/C=C(/C#N)C(=O)Nc2cccc(Cl)c2)ccc1OCC(=O)Nc1ccc(C)c(Cl)c1. The van der Waals surface area contributed by atoms with E-state index < -0.39 is 5.91 Å². The molecule has 2 N–H and O–H groups in total. The lowest BCUT2D eigenvalue weighted by molar-refractivity contribution is -0.118. The largest absolute Gasteiger partial charge is 0.493 e. The van der Waals surface area contributed by atoms with Gasteiger partial charge in [-0.15, -0.1) is 0 Å². The second kappa shape index (κ2) is 11.9. The molecule has 0 aliphatic rings. The number of nitriles is 1. The Kier molecular flexibility index (Phi) is 8.74. The molecule has 2 amide bonds. The summed E-state index contributed by atoms with van der Waals surface area (Å²) < 4.78 is 10.9. The summed E-state index contributed by atoms with van der Waals surface area (Å²) in [7, 11) is 1.45. The maximum atomic E-state index is 12.5. The minimum absolute atomic E-state index is 0.114. The number of carbonyl (C=O) groups is 2. The van der Waals surface area contributed by atoms with Crippen LogP contribution >= 0.6 is 23.2 Å². The van der Waals surface area contributed by atoms with Crippen molar-refractivity contribution in [1.29, 1.82) is 5.26 Å². The molecule has 3 aromatic rings. The van der Waals surface area contributed by atoms with Gasteiger partial charge in [0.15, 0.2) is 18.1 Å². The van der Waals surface area contributed by atoms with Crippen LogP contribution < -0.4 is 20.1 Å². The number of nitrogens with one attached hydrogen (secondary N) is 2. The Labute approximate surface area is 212 Å². The number of halogens is 2. The zero-order chi connectivity index (χ0) is 25.4. The second-order valence-electron chi connectivity index (χ2n) is 7.35. The molecule has 0 aliphatic heterocycles. The maximum absolute atomic E-state index is 12.5. The molecule has 0 radical (unpaired) electrons. The Bertz CT molecular complexity index is 1330. The van der Waals surface area contributed by atoms with E-state index in [2.05, 4.69) is 10.6 Å². The first-order chi connectivity index (χ1) is 16.8. The molecular formula is C26H21Cl2N3O4. The lowest BCUT2D eigenvalue weighted by atomic mass is 10.1. The van der Waals surface area contributed by atoms with Crippen LogP contribution in [0, 0.1) is 18.3 Å². The number of hydrogen-bond donors (Lipinski definition) is 2. The fourth-order valence-corrected chi connectivity index (χ4v) is 3.35. The van der Waals surface area contributed by atoms with Crippen molar-refractivity contribution in [1.82, 2.24) is 0 Å². The number of rotatable bonds is 8. The highest BCUT2D eigenvalue weighted by Gasteiger charge is 2.13. The first-order valence-corrected chi connectivity index (χ1v) is 11.1. The summed E-state index contributed by atoms with van der Waals surface area (Å²) in [5.41, 5.74) is 2.35. The highest BCUT2D eigenvalue weighted by atomic mass is 35.5. The monoisotopic (exact) mass is 509 g/mol. The first kappa shape index (κ1) is 25.6.